The Labute approximate surface area is 137 Å². The molecule has 0 aliphatic carbocycles. The van der Waals surface area contributed by atoms with Gasteiger partial charge in [-0.1, -0.05) is 15.9 Å². The Morgan fingerprint density at radius 2 is 1.91 bits per heavy atom. The lowest BCUT2D eigenvalue weighted by Crippen LogP contribution is -2.41. The summed E-state index contributed by atoms with van der Waals surface area (Å²) >= 11 is 3.36. The van der Waals surface area contributed by atoms with E-state index in [-0.39, 0.29) is 12.8 Å². The quantitative estimate of drug-likeness (QED) is 0.773. The highest BCUT2D eigenvalue weighted by atomic mass is 79.9. The van der Waals surface area contributed by atoms with Crippen molar-refractivity contribution < 1.29 is 23.9 Å². The number of nitrogens with one attached hydrogen (secondary N) is 1. The maximum absolute atomic E-state index is 12.2. The molecule has 0 saturated carbocycles. The number of ether oxygens (including phenoxy) is 2. The Kier molecular flexibility index (Phi) is 7.04. The molecular formula is C15H18BrNO5. The van der Waals surface area contributed by atoms with Crippen molar-refractivity contribution in [2.45, 2.75) is 25.8 Å². The fraction of sp³-hybridized carbons (Fsp3) is 0.400. The molecule has 6 nitrogen and oxygen atoms in total. The lowest BCUT2D eigenvalue weighted by Gasteiger charge is -2.16. The molecule has 1 atom stereocenters. The second-order valence-corrected chi connectivity index (χ2v) is 5.48. The van der Waals surface area contributed by atoms with Gasteiger partial charge in [-0.3, -0.25) is 9.59 Å². The summed E-state index contributed by atoms with van der Waals surface area (Å²) in [4.78, 5) is 35.1. The van der Waals surface area contributed by atoms with E-state index in [1.807, 2.05) is 6.92 Å². The number of hydrogen-bond acceptors (Lipinski definition) is 5. The maximum Gasteiger partial charge on any atom is 0.328 e. The van der Waals surface area contributed by atoms with E-state index in [9.17, 15) is 14.4 Å². The van der Waals surface area contributed by atoms with Gasteiger partial charge >= 0.3 is 11.9 Å². The van der Waals surface area contributed by atoms with Gasteiger partial charge in [0.15, 0.2) is 0 Å². The highest BCUT2D eigenvalue weighted by Gasteiger charge is 2.23. The number of rotatable bonds is 6. The number of carbonyl (C=O) groups is 3. The van der Waals surface area contributed by atoms with Gasteiger partial charge in [0.05, 0.1) is 14.2 Å². The first-order valence-electron chi connectivity index (χ1n) is 6.60. The lowest BCUT2D eigenvalue weighted by atomic mass is 10.1. The molecular weight excluding hydrogens is 354 g/mol. The second-order valence-electron chi connectivity index (χ2n) is 4.63. The minimum absolute atomic E-state index is 0.00983. The predicted octanol–water partition coefficient (Wildman–Crippen LogP) is 1.98. The molecule has 0 fully saturated rings. The van der Waals surface area contributed by atoms with E-state index in [2.05, 4.69) is 30.7 Å². The number of halogens is 1. The Balaban J connectivity index is 2.79. The summed E-state index contributed by atoms with van der Waals surface area (Å²) in [6.07, 6.45) is 0.122. The predicted molar refractivity (Wildman–Crippen MR) is 83.4 cm³/mol. The molecule has 1 N–H and O–H groups in total. The maximum atomic E-state index is 12.2. The van der Waals surface area contributed by atoms with Crippen molar-refractivity contribution in [3.63, 3.8) is 0 Å². The van der Waals surface area contributed by atoms with E-state index in [1.54, 1.807) is 18.2 Å². The first-order valence-corrected chi connectivity index (χ1v) is 7.40. The molecule has 0 spiro atoms. The van der Waals surface area contributed by atoms with Crippen molar-refractivity contribution in [1.82, 2.24) is 5.32 Å². The number of aryl methyl sites for hydroxylation is 1. The Bertz CT molecular complexity index is 573. The van der Waals surface area contributed by atoms with Gasteiger partial charge < -0.3 is 14.8 Å². The van der Waals surface area contributed by atoms with Crippen molar-refractivity contribution >= 4 is 33.8 Å². The van der Waals surface area contributed by atoms with Crippen LogP contribution in [0.3, 0.4) is 0 Å². The van der Waals surface area contributed by atoms with Crippen LogP contribution in [0.1, 0.15) is 28.8 Å². The molecule has 1 rings (SSSR count). The first-order chi connectivity index (χ1) is 10.4. The molecule has 1 aromatic carbocycles. The van der Waals surface area contributed by atoms with Crippen molar-refractivity contribution in [1.29, 1.82) is 0 Å². The molecule has 7 heteroatoms. The average molecular weight is 372 g/mol. The molecule has 1 amide bonds. The van der Waals surface area contributed by atoms with Gasteiger partial charge in [0, 0.05) is 16.5 Å². The molecule has 0 saturated heterocycles. The van der Waals surface area contributed by atoms with Crippen molar-refractivity contribution in [3.05, 3.63) is 33.8 Å². The Morgan fingerprint density at radius 1 is 1.23 bits per heavy atom. The van der Waals surface area contributed by atoms with Crippen LogP contribution in [0.2, 0.25) is 0 Å². The Hall–Kier alpha value is -1.89. The number of carbonyl (C=O) groups excluding carboxylic acids is 3. The summed E-state index contributed by atoms with van der Waals surface area (Å²) in [5, 5.41) is 2.57. The van der Waals surface area contributed by atoms with Crippen LogP contribution in [0.5, 0.6) is 0 Å². The van der Waals surface area contributed by atoms with Crippen LogP contribution < -0.4 is 5.32 Å². The third-order valence-corrected chi connectivity index (χ3v) is 3.97. The molecule has 0 aromatic heterocycles. The fourth-order valence-electron chi connectivity index (χ4n) is 1.78. The van der Waals surface area contributed by atoms with Crippen molar-refractivity contribution in [2.75, 3.05) is 14.2 Å². The summed E-state index contributed by atoms with van der Waals surface area (Å²) in [5.41, 5.74) is 1.32. The summed E-state index contributed by atoms with van der Waals surface area (Å²) < 4.78 is 10.1. The van der Waals surface area contributed by atoms with Crippen LogP contribution in [-0.4, -0.2) is 38.1 Å². The fourth-order valence-corrected chi connectivity index (χ4v) is 2.03. The zero-order valence-corrected chi connectivity index (χ0v) is 14.2. The van der Waals surface area contributed by atoms with Gasteiger partial charge in [0.2, 0.25) is 0 Å². The van der Waals surface area contributed by atoms with E-state index in [0.717, 1.165) is 10.0 Å². The molecule has 1 aromatic rings. The third kappa shape index (κ3) is 5.14. The number of methoxy groups -OCH3 is 2. The molecule has 0 unspecified atom stereocenters. The SMILES string of the molecule is COC(=O)CC[C@H](NC(=O)c1ccc(Br)c(C)c1)C(=O)OC. The van der Waals surface area contributed by atoms with Gasteiger partial charge in [0.25, 0.3) is 5.91 Å². The van der Waals surface area contributed by atoms with Crippen LogP contribution in [0, 0.1) is 6.92 Å². The summed E-state index contributed by atoms with van der Waals surface area (Å²) in [6.45, 7) is 1.86. The zero-order chi connectivity index (χ0) is 16.7. The van der Waals surface area contributed by atoms with Gasteiger partial charge in [-0.05, 0) is 37.1 Å². The van der Waals surface area contributed by atoms with Gasteiger partial charge in [-0.15, -0.1) is 0 Å². The topological polar surface area (TPSA) is 81.7 Å². The monoisotopic (exact) mass is 371 g/mol. The van der Waals surface area contributed by atoms with Crippen LogP contribution >= 0.6 is 15.9 Å². The number of amides is 1. The third-order valence-electron chi connectivity index (χ3n) is 3.08. The van der Waals surface area contributed by atoms with E-state index < -0.39 is 23.9 Å². The molecule has 0 bridgehead atoms. The molecule has 0 aliphatic heterocycles. The van der Waals surface area contributed by atoms with Gasteiger partial charge in [-0.2, -0.15) is 0 Å². The van der Waals surface area contributed by atoms with Gasteiger partial charge in [-0.25, -0.2) is 4.79 Å². The lowest BCUT2D eigenvalue weighted by molar-refractivity contribution is -0.144. The normalized spacial score (nSPS) is 11.5. The number of benzene rings is 1. The van der Waals surface area contributed by atoms with Crippen molar-refractivity contribution in [2.24, 2.45) is 0 Å². The summed E-state index contributed by atoms with van der Waals surface area (Å²) in [6, 6.07) is 4.20. The van der Waals surface area contributed by atoms with E-state index in [4.69, 9.17) is 0 Å². The molecule has 22 heavy (non-hydrogen) atoms. The van der Waals surface area contributed by atoms with Crippen LogP contribution in [0.15, 0.2) is 22.7 Å². The van der Waals surface area contributed by atoms with Crippen LogP contribution in [0.25, 0.3) is 0 Å². The standard InChI is InChI=1S/C15H18BrNO5/c1-9-8-10(4-5-11(9)16)14(19)17-12(15(20)22-3)6-7-13(18)21-2/h4-5,8,12H,6-7H2,1-3H3,(H,17,19)/t12-/m0/s1. The van der Waals surface area contributed by atoms with E-state index >= 15 is 0 Å². The van der Waals surface area contributed by atoms with Gasteiger partial charge in [0.1, 0.15) is 6.04 Å². The largest absolute Gasteiger partial charge is 0.469 e. The van der Waals surface area contributed by atoms with E-state index in [0.29, 0.717) is 5.56 Å². The summed E-state index contributed by atoms with van der Waals surface area (Å²) in [5.74, 6) is -1.47. The number of hydrogen-bond donors (Lipinski definition) is 1. The highest BCUT2D eigenvalue weighted by Crippen LogP contribution is 2.17. The number of esters is 2. The van der Waals surface area contributed by atoms with E-state index in [1.165, 1.54) is 14.2 Å². The van der Waals surface area contributed by atoms with Crippen molar-refractivity contribution in [3.8, 4) is 0 Å². The zero-order valence-electron chi connectivity index (χ0n) is 12.6. The molecule has 0 aliphatic rings. The summed E-state index contributed by atoms with van der Waals surface area (Å²) in [7, 11) is 2.49. The average Bonchev–Trinajstić information content (AvgIpc) is 2.52. The molecule has 120 valence electrons. The van der Waals surface area contributed by atoms with Crippen LogP contribution in [-0.2, 0) is 19.1 Å². The molecule has 0 heterocycles. The smallest absolute Gasteiger partial charge is 0.328 e. The molecule has 0 radical (unpaired) electrons. The Morgan fingerprint density at radius 3 is 2.45 bits per heavy atom. The van der Waals surface area contributed by atoms with Crippen LogP contribution in [0.4, 0.5) is 0 Å². The highest BCUT2D eigenvalue weighted by molar-refractivity contribution is 9.10. The minimum Gasteiger partial charge on any atom is -0.469 e. The first kappa shape index (κ1) is 18.2. The minimum atomic E-state index is -0.902. The second kappa shape index (κ2) is 8.53.